The number of nitrogens with two attached hydrogens (primary N) is 1. The zero-order valence-corrected chi connectivity index (χ0v) is 14.9. The van der Waals surface area contributed by atoms with Crippen molar-refractivity contribution >= 4 is 18.3 Å². The summed E-state index contributed by atoms with van der Waals surface area (Å²) in [7, 11) is 3.06. The fourth-order valence-corrected chi connectivity index (χ4v) is 2.32. The van der Waals surface area contributed by atoms with Gasteiger partial charge < -0.3 is 20.5 Å². The van der Waals surface area contributed by atoms with Crippen molar-refractivity contribution in [2.75, 3.05) is 20.8 Å². The number of methoxy groups -OCH3 is 2. The predicted molar refractivity (Wildman–Crippen MR) is 96.5 cm³/mol. The van der Waals surface area contributed by atoms with Crippen molar-refractivity contribution in [2.24, 2.45) is 5.73 Å². The zero-order valence-electron chi connectivity index (χ0n) is 14.1. The monoisotopic (exact) mass is 368 g/mol. The van der Waals surface area contributed by atoms with Crippen LogP contribution in [0.25, 0.3) is 0 Å². The third-order valence-corrected chi connectivity index (χ3v) is 3.62. The molecule has 0 heterocycles. The minimum Gasteiger partial charge on any atom is -0.497 e. The van der Waals surface area contributed by atoms with Crippen LogP contribution in [0.1, 0.15) is 17.2 Å². The number of carbonyl (C=O) groups is 1. The van der Waals surface area contributed by atoms with Crippen LogP contribution in [-0.4, -0.2) is 32.8 Å². The average Bonchev–Trinajstić information content (AvgIpc) is 2.60. The van der Waals surface area contributed by atoms with E-state index in [1.165, 1.54) is 19.2 Å². The number of carbonyl (C=O) groups excluding carboxylic acids is 1. The molecule has 0 aliphatic rings. The highest BCUT2D eigenvalue weighted by atomic mass is 35.5. The molecule has 2 rings (SSSR count). The quantitative estimate of drug-likeness (QED) is 0.787. The summed E-state index contributed by atoms with van der Waals surface area (Å²) >= 11 is 0. The Morgan fingerprint density at radius 3 is 2.08 bits per heavy atom. The lowest BCUT2D eigenvalue weighted by molar-refractivity contribution is -0.123. The summed E-state index contributed by atoms with van der Waals surface area (Å²) in [6, 6.07) is 12.0. The van der Waals surface area contributed by atoms with E-state index in [1.807, 2.05) is 12.1 Å². The van der Waals surface area contributed by atoms with Gasteiger partial charge in [-0.3, -0.25) is 4.79 Å². The second-order valence-electron chi connectivity index (χ2n) is 5.33. The number of ether oxygens (including phenoxy) is 2. The van der Waals surface area contributed by atoms with Crippen molar-refractivity contribution in [1.29, 1.82) is 0 Å². The molecule has 2 aromatic rings. The van der Waals surface area contributed by atoms with Crippen LogP contribution in [-0.2, 0) is 9.53 Å². The molecule has 0 fully saturated rings. The molecule has 25 heavy (non-hydrogen) atoms. The predicted octanol–water partition coefficient (Wildman–Crippen LogP) is 2.44. The van der Waals surface area contributed by atoms with Crippen LogP contribution in [0.15, 0.2) is 48.5 Å². The summed E-state index contributed by atoms with van der Waals surface area (Å²) in [5.74, 6) is 0.0238. The SMILES string of the molecule is COCC(N)C(=O)NC(c1ccc(F)cc1)c1ccc(OC)cc1.Cl. The largest absolute Gasteiger partial charge is 0.497 e. The molecule has 1 amide bonds. The van der Waals surface area contributed by atoms with Crippen molar-refractivity contribution in [3.8, 4) is 5.75 Å². The molecular formula is C18H22ClFN2O3. The van der Waals surface area contributed by atoms with Gasteiger partial charge in [-0.1, -0.05) is 24.3 Å². The van der Waals surface area contributed by atoms with Gasteiger partial charge in [-0.25, -0.2) is 4.39 Å². The van der Waals surface area contributed by atoms with Crippen LogP contribution in [0.5, 0.6) is 5.75 Å². The van der Waals surface area contributed by atoms with Crippen LogP contribution in [0.2, 0.25) is 0 Å². The van der Waals surface area contributed by atoms with Gasteiger partial charge in [0.2, 0.25) is 5.91 Å². The minimum absolute atomic E-state index is 0. The van der Waals surface area contributed by atoms with Gasteiger partial charge in [0.05, 0.1) is 19.8 Å². The highest BCUT2D eigenvalue weighted by Gasteiger charge is 2.21. The first-order valence-electron chi connectivity index (χ1n) is 7.49. The Morgan fingerprint density at radius 2 is 1.60 bits per heavy atom. The van der Waals surface area contributed by atoms with Gasteiger partial charge in [-0.2, -0.15) is 0 Å². The van der Waals surface area contributed by atoms with Gasteiger partial charge >= 0.3 is 0 Å². The summed E-state index contributed by atoms with van der Waals surface area (Å²) in [5.41, 5.74) is 7.37. The number of rotatable bonds is 7. The third kappa shape index (κ3) is 5.70. The Kier molecular flexibility index (Phi) is 8.34. The molecule has 3 N–H and O–H groups in total. The molecule has 0 saturated heterocycles. The number of amides is 1. The number of benzene rings is 2. The smallest absolute Gasteiger partial charge is 0.240 e. The van der Waals surface area contributed by atoms with Gasteiger partial charge in [0, 0.05) is 7.11 Å². The number of nitrogens with one attached hydrogen (secondary N) is 1. The van der Waals surface area contributed by atoms with Crippen molar-refractivity contribution in [2.45, 2.75) is 12.1 Å². The van der Waals surface area contributed by atoms with Crippen LogP contribution >= 0.6 is 12.4 Å². The molecule has 2 unspecified atom stereocenters. The third-order valence-electron chi connectivity index (χ3n) is 3.62. The highest BCUT2D eigenvalue weighted by molar-refractivity contribution is 5.85. The maximum atomic E-state index is 13.2. The van der Waals surface area contributed by atoms with E-state index in [4.69, 9.17) is 15.2 Å². The molecule has 0 radical (unpaired) electrons. The molecule has 0 bridgehead atoms. The van der Waals surface area contributed by atoms with Crippen LogP contribution in [0, 0.1) is 5.82 Å². The molecule has 0 aromatic heterocycles. The number of hydrogen-bond acceptors (Lipinski definition) is 4. The van der Waals surface area contributed by atoms with E-state index in [2.05, 4.69) is 5.32 Å². The zero-order chi connectivity index (χ0) is 17.5. The molecule has 0 spiro atoms. The molecule has 0 aliphatic carbocycles. The first kappa shape index (κ1) is 20.9. The van der Waals surface area contributed by atoms with Crippen LogP contribution < -0.4 is 15.8 Å². The lowest BCUT2D eigenvalue weighted by Crippen LogP contribution is -2.45. The summed E-state index contributed by atoms with van der Waals surface area (Å²) in [6.07, 6.45) is 0. The lowest BCUT2D eigenvalue weighted by atomic mass is 9.98. The average molecular weight is 369 g/mol. The molecule has 136 valence electrons. The van der Waals surface area contributed by atoms with E-state index in [9.17, 15) is 9.18 Å². The van der Waals surface area contributed by atoms with Crippen LogP contribution in [0.4, 0.5) is 4.39 Å². The van der Waals surface area contributed by atoms with Crippen molar-refractivity contribution < 1.29 is 18.7 Å². The van der Waals surface area contributed by atoms with Gasteiger partial charge in [-0.05, 0) is 35.4 Å². The van der Waals surface area contributed by atoms with Crippen molar-refractivity contribution in [1.82, 2.24) is 5.32 Å². The topological polar surface area (TPSA) is 73.6 Å². The van der Waals surface area contributed by atoms with Gasteiger partial charge in [0.15, 0.2) is 0 Å². The van der Waals surface area contributed by atoms with E-state index in [1.54, 1.807) is 31.4 Å². The molecule has 0 aliphatic heterocycles. The summed E-state index contributed by atoms with van der Waals surface area (Å²) < 4.78 is 23.3. The van der Waals surface area contributed by atoms with E-state index in [0.29, 0.717) is 5.75 Å². The first-order chi connectivity index (χ1) is 11.5. The Labute approximate surface area is 152 Å². The van der Waals surface area contributed by atoms with Gasteiger partial charge in [0.1, 0.15) is 17.6 Å². The van der Waals surface area contributed by atoms with Crippen LogP contribution in [0.3, 0.4) is 0 Å². The van der Waals surface area contributed by atoms with E-state index >= 15 is 0 Å². The number of halogens is 2. The molecular weight excluding hydrogens is 347 g/mol. The number of hydrogen-bond donors (Lipinski definition) is 2. The fraction of sp³-hybridized carbons (Fsp3) is 0.278. The van der Waals surface area contributed by atoms with E-state index in [-0.39, 0.29) is 30.7 Å². The lowest BCUT2D eigenvalue weighted by Gasteiger charge is -2.22. The first-order valence-corrected chi connectivity index (χ1v) is 7.49. The van der Waals surface area contributed by atoms with E-state index in [0.717, 1.165) is 11.1 Å². The maximum Gasteiger partial charge on any atom is 0.240 e. The summed E-state index contributed by atoms with van der Waals surface area (Å²) in [6.45, 7) is 0.116. The second kappa shape index (κ2) is 9.98. The minimum atomic E-state index is -0.781. The Bertz CT molecular complexity index is 665. The molecule has 2 atom stereocenters. The standard InChI is InChI=1S/C18H21FN2O3.ClH/c1-23-11-16(20)18(22)21-17(12-3-7-14(19)8-4-12)13-5-9-15(24-2)10-6-13;/h3-10,16-17H,11,20H2,1-2H3,(H,21,22);1H. The molecule has 5 nitrogen and oxygen atoms in total. The Morgan fingerprint density at radius 1 is 1.08 bits per heavy atom. The molecule has 2 aromatic carbocycles. The van der Waals surface area contributed by atoms with Gasteiger partial charge in [0.25, 0.3) is 0 Å². The highest BCUT2D eigenvalue weighted by Crippen LogP contribution is 2.24. The Balaban J connectivity index is 0.00000312. The fourth-order valence-electron chi connectivity index (χ4n) is 2.32. The Hall–Kier alpha value is -2.15. The maximum absolute atomic E-state index is 13.2. The molecule has 7 heteroatoms. The van der Waals surface area contributed by atoms with E-state index < -0.39 is 12.1 Å². The van der Waals surface area contributed by atoms with Crippen molar-refractivity contribution in [3.05, 3.63) is 65.5 Å². The summed E-state index contributed by atoms with van der Waals surface area (Å²) in [4.78, 5) is 12.3. The second-order valence-corrected chi connectivity index (χ2v) is 5.33. The van der Waals surface area contributed by atoms with Crippen molar-refractivity contribution in [3.63, 3.8) is 0 Å². The molecule has 0 saturated carbocycles. The summed E-state index contributed by atoms with van der Waals surface area (Å²) in [5, 5.41) is 2.88. The normalized spacial score (nSPS) is 12.6. The van der Waals surface area contributed by atoms with Gasteiger partial charge in [-0.15, -0.1) is 12.4 Å².